The van der Waals surface area contributed by atoms with Gasteiger partial charge in [-0.3, -0.25) is 32.7 Å². The summed E-state index contributed by atoms with van der Waals surface area (Å²) >= 11 is 0. The zero-order chi connectivity index (χ0) is 45.0. The van der Waals surface area contributed by atoms with Crippen LogP contribution in [0.2, 0.25) is 0 Å². The largest absolute Gasteiger partial charge is 0.480 e. The van der Waals surface area contributed by atoms with E-state index in [1.807, 2.05) is 0 Å². The Bertz CT molecular complexity index is 2510. The summed E-state index contributed by atoms with van der Waals surface area (Å²) in [6.45, 7) is 3.63. The summed E-state index contributed by atoms with van der Waals surface area (Å²) in [5.41, 5.74) is 5.29. The van der Waals surface area contributed by atoms with E-state index < -0.39 is 79.1 Å². The molecule has 0 saturated heterocycles. The summed E-state index contributed by atoms with van der Waals surface area (Å²) in [5.74, 6) is -5.26. The predicted molar refractivity (Wildman–Crippen MR) is 216 cm³/mol. The number of aromatic amines is 1. The molecule has 7 N–H and O–H groups in total. The van der Waals surface area contributed by atoms with Crippen LogP contribution in [-0.4, -0.2) is 74.7 Å². The molecule has 3 aromatic carbocycles. The van der Waals surface area contributed by atoms with Gasteiger partial charge < -0.3 is 36.5 Å². The number of H-pyrrole nitrogens is 1. The van der Waals surface area contributed by atoms with Crippen molar-refractivity contribution in [3.05, 3.63) is 111 Å². The van der Waals surface area contributed by atoms with Gasteiger partial charge in [-0.15, -0.1) is 0 Å². The second-order valence-electron chi connectivity index (χ2n) is 13.0. The molecule has 5 rings (SSSR count). The van der Waals surface area contributed by atoms with Crippen molar-refractivity contribution in [2.75, 3.05) is 36.2 Å². The number of anilines is 3. The highest BCUT2D eigenvalue weighted by molar-refractivity contribution is 7.48. The Balaban J connectivity index is 1.16. The first-order valence-electron chi connectivity index (χ1n) is 18.7. The number of phosphoric acid groups is 1. The number of carbonyl (C=O) groups excluding carboxylic acids is 3. The molecule has 0 spiro atoms. The van der Waals surface area contributed by atoms with Gasteiger partial charge in [-0.25, -0.2) is 19.3 Å². The van der Waals surface area contributed by atoms with Crippen molar-refractivity contribution in [3.8, 4) is 5.75 Å². The Hall–Kier alpha value is -6.74. The molecule has 0 unspecified atom stereocenters. The summed E-state index contributed by atoms with van der Waals surface area (Å²) in [7, 11) is -3.72. The van der Waals surface area contributed by atoms with Crippen molar-refractivity contribution in [1.29, 1.82) is 0 Å². The fourth-order valence-electron chi connectivity index (χ4n) is 5.56. The maximum absolute atomic E-state index is 13.6. The number of alkyl halides is 3. The van der Waals surface area contributed by atoms with Gasteiger partial charge in [0.15, 0.2) is 11.2 Å². The number of amides is 2. The predicted octanol–water partition coefficient (Wildman–Crippen LogP) is 5.49. The minimum absolute atomic E-state index is 0.00819. The highest BCUT2D eigenvalue weighted by Crippen LogP contribution is 2.49. The molecule has 2 amide bonds. The van der Waals surface area contributed by atoms with Crippen LogP contribution >= 0.6 is 7.82 Å². The van der Waals surface area contributed by atoms with Gasteiger partial charge in [0.2, 0.25) is 5.95 Å². The van der Waals surface area contributed by atoms with E-state index in [4.69, 9.17) is 24.0 Å². The number of nitrogen functional groups attached to an aromatic ring is 1. The van der Waals surface area contributed by atoms with Gasteiger partial charge in [0.05, 0.1) is 49.4 Å². The minimum atomic E-state index is -4.87. The zero-order valence-corrected chi connectivity index (χ0v) is 33.9. The first kappa shape index (κ1) is 46.3. The molecule has 2 heterocycles. The van der Waals surface area contributed by atoms with Crippen LogP contribution in [0.4, 0.5) is 30.5 Å². The maximum Gasteiger partial charge on any atom is 0.474 e. The van der Waals surface area contributed by atoms with E-state index in [1.165, 1.54) is 42.6 Å². The van der Waals surface area contributed by atoms with E-state index in [9.17, 15) is 46.8 Å². The average Bonchev–Trinajstić information content (AvgIpc) is 3.22. The van der Waals surface area contributed by atoms with Crippen LogP contribution < -0.4 is 32.0 Å². The summed E-state index contributed by atoms with van der Waals surface area (Å²) in [4.78, 5) is 77.8. The molecule has 0 saturated carbocycles. The van der Waals surface area contributed by atoms with E-state index in [0.717, 1.165) is 6.07 Å². The molecule has 0 fully saturated rings. The van der Waals surface area contributed by atoms with Gasteiger partial charge in [-0.2, -0.15) is 18.2 Å². The van der Waals surface area contributed by atoms with Crippen molar-refractivity contribution >= 4 is 60.1 Å². The number of carbonyl (C=O) groups is 4. The Morgan fingerprint density at radius 3 is 2.24 bits per heavy atom. The van der Waals surface area contributed by atoms with E-state index in [0.29, 0.717) is 35.5 Å². The Morgan fingerprint density at radius 1 is 0.919 bits per heavy atom. The standard InChI is InChI=1S/C39H40F3N8O11P/c1-3-58-62(57,59-4-2)60-18-17-22-5-10-26(11-6-22)47-35(53)28-14-9-24(39(40,41)42)19-30(28)61-31(51)16-15-29(37(55)56)48-34(52)23-7-12-25(13-8-23)44-20-27-21-45-33-32(46-27)36(54)50-38(43)49-33/h5-14,19,21,29,44H,3-4,15-18,20H2,1-2H3,(H,47,53)(H,48,52)(H,55,56)(H3,43,45,49,50,54)/t29-/m0/s1. The number of nitrogens with zero attached hydrogens (tertiary/aromatic N) is 3. The first-order valence-corrected chi connectivity index (χ1v) is 20.2. The van der Waals surface area contributed by atoms with Crippen LogP contribution in [0.3, 0.4) is 0 Å². The summed E-state index contributed by atoms with van der Waals surface area (Å²) in [6.07, 6.45) is -4.36. The van der Waals surface area contributed by atoms with Crippen LogP contribution in [0, 0.1) is 0 Å². The molecule has 0 aliphatic rings. The van der Waals surface area contributed by atoms with Gasteiger partial charge in [0, 0.05) is 23.4 Å². The number of benzene rings is 3. The number of phosphoric ester groups is 1. The van der Waals surface area contributed by atoms with E-state index >= 15 is 0 Å². The summed E-state index contributed by atoms with van der Waals surface area (Å²) < 4.78 is 74.1. The van der Waals surface area contributed by atoms with Crippen LogP contribution in [-0.2, 0) is 46.9 Å². The smallest absolute Gasteiger partial charge is 0.474 e. The third-order valence-electron chi connectivity index (χ3n) is 8.56. The number of carboxylic acid groups (broad SMARTS) is 1. The van der Waals surface area contributed by atoms with Gasteiger partial charge in [-0.05, 0) is 86.8 Å². The second-order valence-corrected chi connectivity index (χ2v) is 14.7. The number of aliphatic carboxylic acids is 1. The molecule has 23 heteroatoms. The maximum atomic E-state index is 13.6. The Kier molecular flexibility index (Phi) is 15.5. The number of carboxylic acids is 1. The van der Waals surface area contributed by atoms with E-state index in [1.54, 1.807) is 26.0 Å². The number of esters is 1. The fourth-order valence-corrected chi connectivity index (χ4v) is 6.73. The van der Waals surface area contributed by atoms with Crippen LogP contribution in [0.25, 0.3) is 11.2 Å². The molecular formula is C39H40F3N8O11P. The SMILES string of the molecule is CCOP(=O)(OCC)OCCc1ccc(NC(=O)c2ccc(C(F)(F)F)cc2OC(=O)CC[C@H](NC(=O)c2ccc(NCc3cnc4[nH]c(N)nc(=O)c4n3)cc2)C(=O)O)cc1. The molecule has 0 aliphatic carbocycles. The molecule has 62 heavy (non-hydrogen) atoms. The molecule has 2 aromatic heterocycles. The van der Waals surface area contributed by atoms with Crippen molar-refractivity contribution in [3.63, 3.8) is 0 Å². The lowest BCUT2D eigenvalue weighted by Crippen LogP contribution is -2.41. The first-order chi connectivity index (χ1) is 29.5. The van der Waals surface area contributed by atoms with Crippen molar-refractivity contribution in [1.82, 2.24) is 25.3 Å². The fraction of sp³-hybridized carbons (Fsp3) is 0.282. The topological polar surface area (TPSA) is 276 Å². The van der Waals surface area contributed by atoms with Gasteiger partial charge in [-0.1, -0.05) is 12.1 Å². The van der Waals surface area contributed by atoms with Crippen molar-refractivity contribution in [2.45, 2.75) is 51.9 Å². The van der Waals surface area contributed by atoms with Gasteiger partial charge in [0.25, 0.3) is 11.8 Å². The number of nitrogens with two attached hydrogens (primary N) is 1. The number of aromatic nitrogens is 4. The van der Waals surface area contributed by atoms with Crippen LogP contribution in [0.15, 0.2) is 77.7 Å². The highest BCUT2D eigenvalue weighted by atomic mass is 31.2. The molecule has 0 aliphatic heterocycles. The monoisotopic (exact) mass is 884 g/mol. The lowest BCUT2D eigenvalue weighted by molar-refractivity contribution is -0.141. The number of rotatable bonds is 20. The number of fused-ring (bicyclic) bond motifs is 1. The van der Waals surface area contributed by atoms with Crippen molar-refractivity contribution in [2.24, 2.45) is 0 Å². The Labute approximate surface area is 350 Å². The molecule has 19 nitrogen and oxygen atoms in total. The third-order valence-corrected chi connectivity index (χ3v) is 10.2. The molecule has 5 aromatic rings. The third kappa shape index (κ3) is 12.9. The number of nitrogens with one attached hydrogen (secondary N) is 4. The summed E-state index contributed by atoms with van der Waals surface area (Å²) in [5, 5.41) is 17.6. The van der Waals surface area contributed by atoms with E-state index in [2.05, 4.69) is 35.9 Å². The second kappa shape index (κ2) is 20.7. The van der Waals surface area contributed by atoms with E-state index in [-0.39, 0.29) is 54.7 Å². The minimum Gasteiger partial charge on any atom is -0.480 e. The van der Waals surface area contributed by atoms with Gasteiger partial charge >= 0.3 is 31.5 Å². The van der Waals surface area contributed by atoms with Gasteiger partial charge in [0.1, 0.15) is 11.8 Å². The number of ether oxygens (including phenoxy) is 1. The highest BCUT2D eigenvalue weighted by Gasteiger charge is 2.33. The zero-order valence-electron chi connectivity index (χ0n) is 33.0. The lowest BCUT2D eigenvalue weighted by atomic mass is 10.1. The quantitative estimate of drug-likeness (QED) is 0.0320. The molecule has 1 atom stereocenters. The molecule has 0 bridgehead atoms. The van der Waals surface area contributed by atoms with Crippen LogP contribution in [0.5, 0.6) is 5.75 Å². The normalized spacial score (nSPS) is 12.1. The summed E-state index contributed by atoms with van der Waals surface area (Å²) in [6, 6.07) is 12.4. The Morgan fingerprint density at radius 2 is 1.60 bits per heavy atom. The number of hydrogen-bond acceptors (Lipinski definition) is 15. The van der Waals surface area contributed by atoms with Crippen molar-refractivity contribution < 1.29 is 60.3 Å². The number of hydrogen-bond donors (Lipinski definition) is 6. The van der Waals surface area contributed by atoms with Crippen LogP contribution in [0.1, 0.15) is 64.2 Å². The average molecular weight is 885 g/mol. The molecule has 328 valence electrons. The molecule has 0 radical (unpaired) electrons. The molecular weight excluding hydrogens is 844 g/mol. The lowest BCUT2D eigenvalue weighted by Gasteiger charge is -2.16. The number of halogens is 3.